The average molecular weight is 457 g/mol. The molecule has 2 atom stereocenters. The monoisotopic (exact) mass is 456 g/mol. The molecule has 0 radical (unpaired) electrons. The number of fused-ring (bicyclic) bond motifs is 1. The minimum absolute atomic E-state index is 0.0350. The molecule has 0 bridgehead atoms. The number of benzene rings is 2. The number of hydrogen-bond acceptors (Lipinski definition) is 5. The van der Waals surface area contributed by atoms with Crippen molar-refractivity contribution < 1.29 is 22.7 Å². The van der Waals surface area contributed by atoms with Crippen LogP contribution >= 0.6 is 0 Å². The second-order valence-corrected chi connectivity index (χ2v) is 10.3. The third-order valence-corrected chi connectivity index (χ3v) is 7.95. The highest BCUT2D eigenvalue weighted by atomic mass is 32.2. The number of hydrogen-bond donors (Lipinski definition) is 1. The van der Waals surface area contributed by atoms with Gasteiger partial charge in [0, 0.05) is 5.69 Å². The first kappa shape index (κ1) is 22.3. The molecular weight excluding hydrogens is 428 g/mol. The Hall–Kier alpha value is -2.87. The van der Waals surface area contributed by atoms with Crippen molar-refractivity contribution in [1.82, 2.24) is 4.90 Å². The Labute approximate surface area is 188 Å². The first-order chi connectivity index (χ1) is 15.2. The number of methoxy groups -OCH3 is 1. The van der Waals surface area contributed by atoms with Crippen LogP contribution < -0.4 is 9.46 Å². The summed E-state index contributed by atoms with van der Waals surface area (Å²) in [7, 11) is -2.55. The number of amides is 2. The molecule has 1 N–H and O–H groups in total. The van der Waals surface area contributed by atoms with Crippen LogP contribution in [0.4, 0.5) is 5.69 Å². The number of ether oxygens (including phenoxy) is 1. The number of rotatable bonds is 6. The Balaban J connectivity index is 1.62. The molecule has 2 amide bonds. The molecular formula is C24H28N2O5S. The van der Waals surface area contributed by atoms with Gasteiger partial charge in [0.05, 0.1) is 25.5 Å². The fourth-order valence-electron chi connectivity index (χ4n) is 4.61. The molecule has 2 aliphatic rings. The summed E-state index contributed by atoms with van der Waals surface area (Å²) in [6.45, 7) is 3.92. The lowest BCUT2D eigenvalue weighted by Gasteiger charge is -2.19. The Morgan fingerprint density at radius 2 is 1.62 bits per heavy atom. The lowest BCUT2D eigenvalue weighted by molar-refractivity contribution is -0.140. The van der Waals surface area contributed by atoms with Crippen molar-refractivity contribution in [3.8, 4) is 5.75 Å². The van der Waals surface area contributed by atoms with Gasteiger partial charge in [0.25, 0.3) is 10.0 Å². The van der Waals surface area contributed by atoms with Gasteiger partial charge in [0.15, 0.2) is 0 Å². The van der Waals surface area contributed by atoms with Crippen LogP contribution in [0.25, 0.3) is 0 Å². The smallest absolute Gasteiger partial charge is 0.265 e. The van der Waals surface area contributed by atoms with Gasteiger partial charge in [0.2, 0.25) is 11.8 Å². The van der Waals surface area contributed by atoms with Crippen LogP contribution in [-0.2, 0) is 26.2 Å². The van der Waals surface area contributed by atoms with E-state index in [9.17, 15) is 18.0 Å². The number of anilines is 1. The van der Waals surface area contributed by atoms with Crippen LogP contribution in [0, 0.1) is 25.7 Å². The van der Waals surface area contributed by atoms with Gasteiger partial charge in [-0.1, -0.05) is 25.0 Å². The molecule has 0 aromatic heterocycles. The quantitative estimate of drug-likeness (QED) is 0.668. The van der Waals surface area contributed by atoms with Gasteiger partial charge in [-0.15, -0.1) is 0 Å². The van der Waals surface area contributed by atoms with E-state index in [1.54, 1.807) is 24.3 Å². The second kappa shape index (κ2) is 8.58. The van der Waals surface area contributed by atoms with Crippen molar-refractivity contribution in [2.45, 2.75) is 51.0 Å². The zero-order valence-electron chi connectivity index (χ0n) is 18.6. The van der Waals surface area contributed by atoms with Crippen molar-refractivity contribution in [2.24, 2.45) is 11.8 Å². The van der Waals surface area contributed by atoms with E-state index in [2.05, 4.69) is 4.72 Å². The Kier molecular flexibility index (Phi) is 5.99. The predicted molar refractivity (Wildman–Crippen MR) is 121 cm³/mol. The summed E-state index contributed by atoms with van der Waals surface area (Å²) in [4.78, 5) is 26.9. The van der Waals surface area contributed by atoms with Gasteiger partial charge in [0.1, 0.15) is 10.6 Å². The molecule has 1 aliphatic heterocycles. The topological polar surface area (TPSA) is 92.8 Å². The SMILES string of the molecule is COc1ccc(CN2C(=O)[C@@H]3CCCC[C@H]3C2=O)cc1S(=O)(=O)Nc1ccc(C)c(C)c1. The van der Waals surface area contributed by atoms with E-state index in [0.717, 1.165) is 36.8 Å². The average Bonchev–Trinajstić information content (AvgIpc) is 3.01. The van der Waals surface area contributed by atoms with Crippen LogP contribution in [0.2, 0.25) is 0 Å². The first-order valence-corrected chi connectivity index (χ1v) is 12.3. The van der Waals surface area contributed by atoms with Crippen LogP contribution in [0.15, 0.2) is 41.3 Å². The molecule has 4 rings (SSSR count). The Morgan fingerprint density at radius 1 is 0.969 bits per heavy atom. The summed E-state index contributed by atoms with van der Waals surface area (Å²) in [5.41, 5.74) is 3.05. The number of sulfonamides is 1. The zero-order valence-corrected chi connectivity index (χ0v) is 19.4. The number of nitrogens with one attached hydrogen (secondary N) is 1. The number of carbonyl (C=O) groups excluding carboxylic acids is 2. The summed E-state index contributed by atoms with van der Waals surface area (Å²) in [5.74, 6) is -0.563. The third-order valence-electron chi connectivity index (χ3n) is 6.55. The van der Waals surface area contributed by atoms with E-state index in [1.165, 1.54) is 18.1 Å². The number of carbonyl (C=O) groups is 2. The molecule has 1 aliphatic carbocycles. The summed E-state index contributed by atoms with van der Waals surface area (Å²) in [6.07, 6.45) is 3.41. The molecule has 2 fully saturated rings. The molecule has 1 saturated carbocycles. The highest BCUT2D eigenvalue weighted by Crippen LogP contribution is 2.39. The normalized spacial score (nSPS) is 20.9. The third kappa shape index (κ3) is 4.11. The van der Waals surface area contributed by atoms with E-state index in [-0.39, 0.29) is 40.8 Å². The van der Waals surface area contributed by atoms with Crippen molar-refractivity contribution in [2.75, 3.05) is 11.8 Å². The lowest BCUT2D eigenvalue weighted by Crippen LogP contribution is -2.30. The fraction of sp³-hybridized carbons (Fsp3) is 0.417. The molecule has 8 heteroatoms. The van der Waals surface area contributed by atoms with Crippen LogP contribution in [0.5, 0.6) is 5.75 Å². The summed E-state index contributed by atoms with van der Waals surface area (Å²) in [6, 6.07) is 10.1. The van der Waals surface area contributed by atoms with Crippen LogP contribution in [0.3, 0.4) is 0 Å². The van der Waals surface area contributed by atoms with Gasteiger partial charge >= 0.3 is 0 Å². The molecule has 0 unspecified atom stereocenters. The number of likely N-dealkylation sites (tertiary alicyclic amines) is 1. The maximum absolute atomic E-state index is 13.2. The molecule has 170 valence electrons. The highest BCUT2D eigenvalue weighted by molar-refractivity contribution is 7.92. The van der Waals surface area contributed by atoms with E-state index < -0.39 is 10.0 Å². The van der Waals surface area contributed by atoms with E-state index in [1.807, 2.05) is 19.9 Å². The largest absolute Gasteiger partial charge is 0.495 e. The minimum atomic E-state index is -3.95. The van der Waals surface area contributed by atoms with Gasteiger partial charge in [-0.25, -0.2) is 8.42 Å². The molecule has 1 saturated heterocycles. The second-order valence-electron chi connectivity index (χ2n) is 8.65. The Bertz CT molecular complexity index is 1150. The fourth-order valence-corrected chi connectivity index (χ4v) is 5.88. The molecule has 32 heavy (non-hydrogen) atoms. The molecule has 2 aromatic rings. The Morgan fingerprint density at radius 3 is 2.22 bits per heavy atom. The summed E-state index contributed by atoms with van der Waals surface area (Å²) in [5, 5.41) is 0. The van der Waals surface area contributed by atoms with Crippen LogP contribution in [0.1, 0.15) is 42.4 Å². The van der Waals surface area contributed by atoms with Crippen LogP contribution in [-0.4, -0.2) is 32.2 Å². The van der Waals surface area contributed by atoms with Crippen molar-refractivity contribution in [3.63, 3.8) is 0 Å². The maximum atomic E-state index is 13.2. The van der Waals surface area contributed by atoms with Gasteiger partial charge in [-0.05, 0) is 67.6 Å². The summed E-state index contributed by atoms with van der Waals surface area (Å²) >= 11 is 0. The molecule has 1 heterocycles. The zero-order chi connectivity index (χ0) is 23.0. The van der Waals surface area contributed by atoms with E-state index >= 15 is 0 Å². The van der Waals surface area contributed by atoms with Gasteiger partial charge in [-0.2, -0.15) is 0 Å². The van der Waals surface area contributed by atoms with Gasteiger partial charge in [-0.3, -0.25) is 19.2 Å². The highest BCUT2D eigenvalue weighted by Gasteiger charge is 2.47. The molecule has 7 nitrogen and oxygen atoms in total. The van der Waals surface area contributed by atoms with E-state index in [4.69, 9.17) is 4.74 Å². The summed E-state index contributed by atoms with van der Waals surface area (Å²) < 4.78 is 34.2. The predicted octanol–water partition coefficient (Wildman–Crippen LogP) is 3.79. The maximum Gasteiger partial charge on any atom is 0.265 e. The van der Waals surface area contributed by atoms with Gasteiger partial charge < -0.3 is 4.74 Å². The molecule has 2 aromatic carbocycles. The first-order valence-electron chi connectivity index (χ1n) is 10.8. The number of aryl methyl sites for hydroxylation is 2. The number of nitrogens with zero attached hydrogens (tertiary/aromatic N) is 1. The van der Waals surface area contributed by atoms with Crippen molar-refractivity contribution in [3.05, 3.63) is 53.1 Å². The van der Waals surface area contributed by atoms with Crippen molar-refractivity contribution in [1.29, 1.82) is 0 Å². The molecule has 0 spiro atoms. The van der Waals surface area contributed by atoms with E-state index in [0.29, 0.717) is 11.3 Å². The lowest BCUT2D eigenvalue weighted by atomic mass is 9.81. The standard InChI is InChI=1S/C24H28N2O5S/c1-15-8-10-18(12-16(15)2)25-32(29,30)22-13-17(9-11-21(22)31-3)14-26-23(27)19-6-4-5-7-20(19)24(26)28/h8-13,19-20,25H,4-7,14H2,1-3H3/t19-,20-/m1/s1. The minimum Gasteiger partial charge on any atom is -0.495 e. The number of imide groups is 1. The van der Waals surface area contributed by atoms with Crippen molar-refractivity contribution >= 4 is 27.5 Å².